The van der Waals surface area contributed by atoms with Crippen molar-refractivity contribution < 1.29 is 18.2 Å². The molecule has 0 aliphatic carbocycles. The minimum absolute atomic E-state index is 0.0851. The first kappa shape index (κ1) is 15.3. The van der Waals surface area contributed by atoms with E-state index in [9.17, 15) is 4.39 Å². The average Bonchev–Trinajstić information content (AvgIpc) is 2.93. The quantitative estimate of drug-likeness (QED) is 0.790. The average molecular weight is 281 g/mol. The first-order valence-electron chi connectivity index (χ1n) is 6.84. The van der Waals surface area contributed by atoms with Crippen molar-refractivity contribution in [2.24, 2.45) is 0 Å². The van der Waals surface area contributed by atoms with E-state index in [-0.39, 0.29) is 11.6 Å². The Morgan fingerprint density at radius 2 is 1.95 bits per heavy atom. The number of hydrogen-bond acceptors (Lipinski definition) is 4. The van der Waals surface area contributed by atoms with E-state index in [1.807, 2.05) is 34.6 Å². The summed E-state index contributed by atoms with van der Waals surface area (Å²) in [6.07, 6.45) is 3.53. The van der Waals surface area contributed by atoms with E-state index in [1.165, 1.54) is 12.3 Å². The lowest BCUT2D eigenvalue weighted by molar-refractivity contribution is 0.00578. The summed E-state index contributed by atoms with van der Waals surface area (Å²) >= 11 is 0. The maximum absolute atomic E-state index is 14.2. The van der Waals surface area contributed by atoms with Crippen LogP contribution in [-0.4, -0.2) is 23.5 Å². The van der Waals surface area contributed by atoms with Gasteiger partial charge in [-0.3, -0.25) is 0 Å². The van der Waals surface area contributed by atoms with Gasteiger partial charge in [-0.2, -0.15) is 0 Å². The van der Waals surface area contributed by atoms with Crippen LogP contribution in [-0.2, 0) is 9.31 Å². The Labute approximate surface area is 119 Å². The molecule has 1 fully saturated rings. The van der Waals surface area contributed by atoms with Gasteiger partial charge in [0.25, 0.3) is 0 Å². The summed E-state index contributed by atoms with van der Waals surface area (Å²) in [5.74, 6) is 0.0851. The lowest BCUT2D eigenvalue weighted by Gasteiger charge is -2.32. The normalized spacial score (nSPS) is 23.1. The van der Waals surface area contributed by atoms with Gasteiger partial charge in [-0.15, -0.1) is 0 Å². The zero-order chi connectivity index (χ0) is 15.0. The second-order valence-corrected chi connectivity index (χ2v) is 6.24. The third kappa shape index (κ3) is 2.96. The van der Waals surface area contributed by atoms with Gasteiger partial charge in [0.2, 0.25) is 0 Å². The number of halogens is 1. The molecule has 4 nitrogen and oxygen atoms in total. The SMILES string of the molecule is CC(CC=C(F)B1OC(C)(C)C(C)(C)O1)c1ccon1. The standard InChI is InChI=1S/C14H21BFNO3/c1-10(11-8-9-18-17-11)6-7-12(16)15-19-13(2,3)14(4,5)20-15/h7-10H,6H2,1-5H3. The molecule has 1 saturated heterocycles. The van der Waals surface area contributed by atoms with Crippen LogP contribution >= 0.6 is 0 Å². The largest absolute Gasteiger partial charge is 0.524 e. The molecule has 1 aromatic heterocycles. The molecule has 0 saturated carbocycles. The molecule has 0 aromatic carbocycles. The van der Waals surface area contributed by atoms with Crippen LogP contribution in [0, 0.1) is 0 Å². The minimum Gasteiger partial charge on any atom is -0.398 e. The highest BCUT2D eigenvalue weighted by Crippen LogP contribution is 2.38. The molecular weight excluding hydrogens is 260 g/mol. The van der Waals surface area contributed by atoms with Crippen molar-refractivity contribution in [1.82, 2.24) is 5.16 Å². The Morgan fingerprint density at radius 1 is 1.35 bits per heavy atom. The maximum atomic E-state index is 14.2. The highest BCUT2D eigenvalue weighted by molar-refractivity contribution is 6.53. The van der Waals surface area contributed by atoms with E-state index in [2.05, 4.69) is 5.16 Å². The highest BCUT2D eigenvalue weighted by Gasteiger charge is 2.52. The third-order valence-electron chi connectivity index (χ3n) is 4.11. The molecule has 0 radical (unpaired) electrons. The summed E-state index contributed by atoms with van der Waals surface area (Å²) in [6, 6.07) is 1.78. The third-order valence-corrected chi connectivity index (χ3v) is 4.11. The Morgan fingerprint density at radius 3 is 2.45 bits per heavy atom. The van der Waals surface area contributed by atoms with Gasteiger partial charge >= 0.3 is 7.12 Å². The van der Waals surface area contributed by atoms with Gasteiger partial charge in [0, 0.05) is 12.0 Å². The van der Waals surface area contributed by atoms with Crippen molar-refractivity contribution in [3.8, 4) is 0 Å². The van der Waals surface area contributed by atoms with Crippen molar-refractivity contribution in [1.29, 1.82) is 0 Å². The molecule has 0 amide bonds. The molecule has 2 rings (SSSR count). The fourth-order valence-corrected chi connectivity index (χ4v) is 1.94. The molecule has 1 aromatic rings. The Kier molecular flexibility index (Phi) is 4.07. The van der Waals surface area contributed by atoms with Crippen molar-refractivity contribution in [3.05, 3.63) is 29.8 Å². The molecule has 0 N–H and O–H groups in total. The Hall–Kier alpha value is -1.14. The zero-order valence-electron chi connectivity index (χ0n) is 12.6. The smallest absolute Gasteiger partial charge is 0.398 e. The van der Waals surface area contributed by atoms with Gasteiger partial charge in [0.05, 0.1) is 16.9 Å². The summed E-state index contributed by atoms with van der Waals surface area (Å²) in [6.45, 7) is 9.57. The fraction of sp³-hybridized carbons (Fsp3) is 0.643. The number of allylic oxidation sites excluding steroid dienone is 1. The molecule has 20 heavy (non-hydrogen) atoms. The van der Waals surface area contributed by atoms with Crippen molar-refractivity contribution in [2.45, 2.75) is 58.2 Å². The van der Waals surface area contributed by atoms with Crippen LogP contribution in [0.25, 0.3) is 0 Å². The van der Waals surface area contributed by atoms with Crippen LogP contribution in [0.1, 0.15) is 52.7 Å². The second-order valence-electron chi connectivity index (χ2n) is 6.24. The van der Waals surface area contributed by atoms with Crippen LogP contribution in [0.4, 0.5) is 4.39 Å². The summed E-state index contributed by atoms with van der Waals surface area (Å²) in [4.78, 5) is 0. The Bertz CT molecular complexity index is 469. The van der Waals surface area contributed by atoms with E-state index >= 15 is 0 Å². The van der Waals surface area contributed by atoms with Crippen molar-refractivity contribution in [2.75, 3.05) is 0 Å². The number of nitrogens with zero attached hydrogens (tertiary/aromatic N) is 1. The molecule has 0 spiro atoms. The van der Waals surface area contributed by atoms with Crippen molar-refractivity contribution in [3.63, 3.8) is 0 Å². The summed E-state index contributed by atoms with van der Waals surface area (Å²) in [7, 11) is -0.926. The van der Waals surface area contributed by atoms with Gasteiger partial charge in [-0.05, 0) is 34.1 Å². The van der Waals surface area contributed by atoms with Gasteiger partial charge in [-0.1, -0.05) is 18.2 Å². The molecule has 110 valence electrons. The van der Waals surface area contributed by atoms with Crippen LogP contribution in [0.2, 0.25) is 0 Å². The second kappa shape index (κ2) is 5.33. The van der Waals surface area contributed by atoms with E-state index in [0.717, 1.165) is 5.69 Å². The fourth-order valence-electron chi connectivity index (χ4n) is 1.94. The van der Waals surface area contributed by atoms with Gasteiger partial charge < -0.3 is 13.8 Å². The lowest BCUT2D eigenvalue weighted by Crippen LogP contribution is -2.41. The predicted octanol–water partition coefficient (Wildman–Crippen LogP) is 3.65. The maximum Gasteiger partial charge on any atom is 0.524 e. The molecule has 0 bridgehead atoms. The minimum atomic E-state index is -0.926. The monoisotopic (exact) mass is 281 g/mol. The first-order chi connectivity index (χ1) is 9.23. The lowest BCUT2D eigenvalue weighted by atomic mass is 9.86. The highest BCUT2D eigenvalue weighted by atomic mass is 19.1. The van der Waals surface area contributed by atoms with Crippen LogP contribution in [0.15, 0.2) is 28.7 Å². The van der Waals surface area contributed by atoms with Gasteiger partial charge in [0.1, 0.15) is 12.0 Å². The van der Waals surface area contributed by atoms with Gasteiger partial charge in [-0.25, -0.2) is 4.39 Å². The zero-order valence-corrected chi connectivity index (χ0v) is 12.6. The van der Waals surface area contributed by atoms with E-state index in [0.29, 0.717) is 6.42 Å². The molecule has 1 atom stereocenters. The molecule has 6 heteroatoms. The molecule has 2 heterocycles. The van der Waals surface area contributed by atoms with E-state index in [1.54, 1.807) is 6.07 Å². The Balaban J connectivity index is 1.98. The van der Waals surface area contributed by atoms with Crippen molar-refractivity contribution >= 4 is 7.12 Å². The topological polar surface area (TPSA) is 44.5 Å². The number of aromatic nitrogens is 1. The molecule has 1 unspecified atom stereocenters. The molecular formula is C14H21BFNO3. The summed E-state index contributed by atoms with van der Waals surface area (Å²) in [5, 5.41) is 3.85. The summed E-state index contributed by atoms with van der Waals surface area (Å²) < 4.78 is 30.2. The summed E-state index contributed by atoms with van der Waals surface area (Å²) in [5.41, 5.74) is -0.636. The predicted molar refractivity (Wildman–Crippen MR) is 74.8 cm³/mol. The first-order valence-corrected chi connectivity index (χ1v) is 6.84. The van der Waals surface area contributed by atoms with E-state index in [4.69, 9.17) is 13.8 Å². The van der Waals surface area contributed by atoms with E-state index < -0.39 is 18.3 Å². The van der Waals surface area contributed by atoms with Crippen LogP contribution < -0.4 is 0 Å². The number of hydrogen-bond donors (Lipinski definition) is 0. The van der Waals surface area contributed by atoms with Crippen LogP contribution in [0.3, 0.4) is 0 Å². The number of rotatable bonds is 4. The molecule has 1 aliphatic rings. The van der Waals surface area contributed by atoms with Crippen LogP contribution in [0.5, 0.6) is 0 Å². The van der Waals surface area contributed by atoms with Gasteiger partial charge in [0.15, 0.2) is 0 Å². The molecule has 1 aliphatic heterocycles.